The lowest BCUT2D eigenvalue weighted by Crippen LogP contribution is -2.54. The lowest BCUT2D eigenvalue weighted by atomic mass is 9.88. The van der Waals surface area contributed by atoms with Crippen molar-refractivity contribution in [2.45, 2.75) is 32.7 Å². The molecule has 0 spiro atoms. The van der Waals surface area contributed by atoms with E-state index < -0.39 is 6.04 Å². The number of amides is 3. The minimum Gasteiger partial charge on any atom is -0.497 e. The number of carbonyl (C=O) groups excluding carboxylic acids is 3. The molecule has 1 aromatic carbocycles. The van der Waals surface area contributed by atoms with Crippen LogP contribution >= 0.6 is 0 Å². The number of benzene rings is 1. The summed E-state index contributed by atoms with van der Waals surface area (Å²) in [5, 5.41) is 5.73. The fraction of sp³-hybridized carbons (Fsp3) is 0.591. The van der Waals surface area contributed by atoms with Gasteiger partial charge in [-0.15, -0.1) is 0 Å². The molecule has 2 rings (SSSR count). The molecule has 0 saturated carbocycles. The van der Waals surface area contributed by atoms with Crippen LogP contribution in [0.3, 0.4) is 0 Å². The van der Waals surface area contributed by atoms with Gasteiger partial charge in [-0.3, -0.25) is 14.4 Å². The van der Waals surface area contributed by atoms with E-state index in [2.05, 4.69) is 10.6 Å². The van der Waals surface area contributed by atoms with Crippen LogP contribution in [0.4, 0.5) is 0 Å². The molecule has 1 heterocycles. The van der Waals surface area contributed by atoms with E-state index in [-0.39, 0.29) is 29.6 Å². The Morgan fingerprint density at radius 2 is 1.87 bits per heavy atom. The molecule has 8 nitrogen and oxygen atoms in total. The van der Waals surface area contributed by atoms with Gasteiger partial charge in [-0.25, -0.2) is 0 Å². The second kappa shape index (κ2) is 11.5. The smallest absolute Gasteiger partial charge is 0.252 e. The van der Waals surface area contributed by atoms with Gasteiger partial charge < -0.3 is 25.0 Å². The van der Waals surface area contributed by atoms with Crippen molar-refractivity contribution in [3.8, 4) is 5.75 Å². The standard InChI is InChI=1S/C22H33N3O5/c1-15(2)22(28)25-11-8-16(9-12-25)19(21(27)23-10-13-29-3)24-20(26)17-6-5-7-18(14-17)30-4/h5-7,14-16,19H,8-13H2,1-4H3,(H,23,27)(H,24,26). The Labute approximate surface area is 178 Å². The molecular formula is C22H33N3O5. The van der Waals surface area contributed by atoms with Crippen molar-refractivity contribution in [3.05, 3.63) is 29.8 Å². The molecule has 1 saturated heterocycles. The van der Waals surface area contributed by atoms with Crippen LogP contribution in [0, 0.1) is 11.8 Å². The van der Waals surface area contributed by atoms with Crippen LogP contribution in [-0.2, 0) is 14.3 Å². The maximum Gasteiger partial charge on any atom is 0.252 e. The highest BCUT2D eigenvalue weighted by Crippen LogP contribution is 2.23. The minimum atomic E-state index is -0.683. The lowest BCUT2D eigenvalue weighted by molar-refractivity contribution is -0.136. The van der Waals surface area contributed by atoms with Crippen molar-refractivity contribution < 1.29 is 23.9 Å². The summed E-state index contributed by atoms with van der Waals surface area (Å²) in [6.07, 6.45) is 1.30. The van der Waals surface area contributed by atoms with Crippen LogP contribution in [0.1, 0.15) is 37.0 Å². The lowest BCUT2D eigenvalue weighted by Gasteiger charge is -2.36. The first-order valence-electron chi connectivity index (χ1n) is 10.4. The number of methoxy groups -OCH3 is 2. The van der Waals surface area contributed by atoms with E-state index in [0.717, 1.165) is 0 Å². The third kappa shape index (κ3) is 6.45. The van der Waals surface area contributed by atoms with E-state index >= 15 is 0 Å². The third-order valence-corrected chi connectivity index (χ3v) is 5.32. The highest BCUT2D eigenvalue weighted by Gasteiger charge is 2.34. The highest BCUT2D eigenvalue weighted by molar-refractivity contribution is 5.98. The van der Waals surface area contributed by atoms with Crippen LogP contribution in [-0.4, -0.2) is 69.1 Å². The normalized spacial score (nSPS) is 15.6. The van der Waals surface area contributed by atoms with Crippen molar-refractivity contribution in [1.82, 2.24) is 15.5 Å². The largest absolute Gasteiger partial charge is 0.497 e. The molecule has 0 radical (unpaired) electrons. The monoisotopic (exact) mass is 419 g/mol. The summed E-state index contributed by atoms with van der Waals surface area (Å²) in [5.41, 5.74) is 0.427. The average molecular weight is 420 g/mol. The van der Waals surface area contributed by atoms with Crippen LogP contribution in [0.15, 0.2) is 24.3 Å². The topological polar surface area (TPSA) is 97.0 Å². The van der Waals surface area contributed by atoms with Gasteiger partial charge in [-0.1, -0.05) is 19.9 Å². The summed E-state index contributed by atoms with van der Waals surface area (Å²) in [7, 11) is 3.10. The van der Waals surface area contributed by atoms with Gasteiger partial charge in [-0.05, 0) is 37.0 Å². The molecule has 1 fully saturated rings. The molecule has 1 aliphatic rings. The average Bonchev–Trinajstić information content (AvgIpc) is 2.77. The third-order valence-electron chi connectivity index (χ3n) is 5.32. The maximum absolute atomic E-state index is 12.8. The number of nitrogens with one attached hydrogen (secondary N) is 2. The second-order valence-corrected chi connectivity index (χ2v) is 7.78. The number of likely N-dealkylation sites (tertiary alicyclic amines) is 1. The highest BCUT2D eigenvalue weighted by atomic mass is 16.5. The number of rotatable bonds is 9. The number of hydrogen-bond acceptors (Lipinski definition) is 5. The number of nitrogens with zero attached hydrogens (tertiary/aromatic N) is 1. The van der Waals surface area contributed by atoms with Gasteiger partial charge in [0.05, 0.1) is 13.7 Å². The molecule has 1 aromatic rings. The number of ether oxygens (including phenoxy) is 2. The van der Waals surface area contributed by atoms with Crippen LogP contribution in [0.25, 0.3) is 0 Å². The van der Waals surface area contributed by atoms with Crippen molar-refractivity contribution in [3.63, 3.8) is 0 Å². The second-order valence-electron chi connectivity index (χ2n) is 7.78. The molecule has 166 valence electrons. The fourth-order valence-electron chi connectivity index (χ4n) is 3.59. The van der Waals surface area contributed by atoms with Crippen molar-refractivity contribution in [2.75, 3.05) is 40.5 Å². The molecule has 1 aliphatic heterocycles. The molecule has 1 atom stereocenters. The van der Waals surface area contributed by atoms with Crippen molar-refractivity contribution in [1.29, 1.82) is 0 Å². The predicted molar refractivity (Wildman–Crippen MR) is 113 cm³/mol. The Morgan fingerprint density at radius 1 is 1.17 bits per heavy atom. The van der Waals surface area contributed by atoms with Crippen LogP contribution in [0.2, 0.25) is 0 Å². The fourth-order valence-corrected chi connectivity index (χ4v) is 3.59. The molecule has 0 aromatic heterocycles. The Hall–Kier alpha value is -2.61. The Morgan fingerprint density at radius 3 is 2.47 bits per heavy atom. The van der Waals surface area contributed by atoms with Gasteiger partial charge in [0.2, 0.25) is 11.8 Å². The molecule has 0 aliphatic carbocycles. The molecule has 1 unspecified atom stereocenters. The maximum atomic E-state index is 12.8. The first-order valence-corrected chi connectivity index (χ1v) is 10.4. The molecule has 0 bridgehead atoms. The van der Waals surface area contributed by atoms with Gasteiger partial charge >= 0.3 is 0 Å². The van der Waals surface area contributed by atoms with E-state index in [1.54, 1.807) is 31.4 Å². The molecule has 8 heteroatoms. The first-order chi connectivity index (χ1) is 14.4. The van der Waals surface area contributed by atoms with E-state index in [9.17, 15) is 14.4 Å². The van der Waals surface area contributed by atoms with Gasteiger partial charge in [0.1, 0.15) is 11.8 Å². The Bertz CT molecular complexity index is 729. The van der Waals surface area contributed by atoms with Gasteiger partial charge in [0.25, 0.3) is 5.91 Å². The zero-order chi connectivity index (χ0) is 22.1. The van der Waals surface area contributed by atoms with Gasteiger partial charge in [-0.2, -0.15) is 0 Å². The van der Waals surface area contributed by atoms with Crippen LogP contribution in [0.5, 0.6) is 5.75 Å². The quantitative estimate of drug-likeness (QED) is 0.591. The van der Waals surface area contributed by atoms with E-state index in [0.29, 0.717) is 50.4 Å². The Balaban J connectivity index is 2.09. The Kier molecular flexibility index (Phi) is 9.11. The summed E-state index contributed by atoms with van der Waals surface area (Å²) in [5.74, 6) is 0.0124. The van der Waals surface area contributed by atoms with Gasteiger partial charge in [0, 0.05) is 38.2 Å². The molecule has 30 heavy (non-hydrogen) atoms. The summed E-state index contributed by atoms with van der Waals surface area (Å²) in [6, 6.07) is 6.13. The summed E-state index contributed by atoms with van der Waals surface area (Å²) >= 11 is 0. The van der Waals surface area contributed by atoms with E-state index in [1.807, 2.05) is 18.7 Å². The van der Waals surface area contributed by atoms with E-state index in [1.165, 1.54) is 7.11 Å². The van der Waals surface area contributed by atoms with Crippen molar-refractivity contribution >= 4 is 17.7 Å². The zero-order valence-corrected chi connectivity index (χ0v) is 18.3. The minimum absolute atomic E-state index is 0.0533. The molecular weight excluding hydrogens is 386 g/mol. The summed E-state index contributed by atoms with van der Waals surface area (Å²) in [4.78, 5) is 39.8. The zero-order valence-electron chi connectivity index (χ0n) is 18.3. The van der Waals surface area contributed by atoms with Crippen molar-refractivity contribution in [2.24, 2.45) is 11.8 Å². The van der Waals surface area contributed by atoms with Crippen LogP contribution < -0.4 is 15.4 Å². The van der Waals surface area contributed by atoms with E-state index in [4.69, 9.17) is 9.47 Å². The van der Waals surface area contributed by atoms with Gasteiger partial charge in [0.15, 0.2) is 0 Å². The summed E-state index contributed by atoms with van der Waals surface area (Å²) < 4.78 is 10.2. The molecule has 3 amide bonds. The predicted octanol–water partition coefficient (Wildman–Crippen LogP) is 1.45. The molecule has 2 N–H and O–H groups in total. The number of hydrogen-bond donors (Lipinski definition) is 2. The first kappa shape index (κ1) is 23.7. The number of carbonyl (C=O) groups is 3. The summed E-state index contributed by atoms with van der Waals surface area (Å²) in [6.45, 7) is 5.69. The SMILES string of the molecule is COCCNC(=O)C(NC(=O)c1cccc(OC)c1)C1CCN(C(=O)C(C)C)CC1. The number of piperidine rings is 1.